The number of nitro benzene ring substituents is 1. The topological polar surface area (TPSA) is 120 Å². The number of anilines is 1. The SMILES string of the molecule is C[NH+]=C(C(=O)O)c1ccc([N+](=O)[O-])cc1N. The van der Waals surface area contributed by atoms with Crippen LogP contribution in [-0.4, -0.2) is 28.8 Å². The molecule has 7 heteroatoms. The molecule has 1 aromatic rings. The van der Waals surface area contributed by atoms with Crippen LogP contribution in [0.15, 0.2) is 18.2 Å². The van der Waals surface area contributed by atoms with Gasteiger partial charge in [-0.2, -0.15) is 0 Å². The van der Waals surface area contributed by atoms with Crippen LogP contribution in [0.5, 0.6) is 0 Å². The number of hydrogen-bond donors (Lipinski definition) is 3. The predicted octanol–water partition coefficient (Wildman–Crippen LogP) is -1.24. The molecule has 0 amide bonds. The molecule has 1 aromatic carbocycles. The van der Waals surface area contributed by atoms with Crippen molar-refractivity contribution in [2.75, 3.05) is 12.8 Å². The van der Waals surface area contributed by atoms with Gasteiger partial charge in [-0.3, -0.25) is 10.1 Å². The Hall–Kier alpha value is -2.44. The fourth-order valence-corrected chi connectivity index (χ4v) is 1.25. The fourth-order valence-electron chi connectivity index (χ4n) is 1.25. The molecule has 1 rings (SSSR count). The molecule has 0 heterocycles. The second-order valence-electron chi connectivity index (χ2n) is 2.96. The van der Waals surface area contributed by atoms with Gasteiger partial charge in [-0.15, -0.1) is 0 Å². The van der Waals surface area contributed by atoms with Crippen LogP contribution < -0.4 is 10.7 Å². The minimum absolute atomic E-state index is 0.0425. The highest BCUT2D eigenvalue weighted by atomic mass is 16.6. The Morgan fingerprint density at radius 1 is 1.56 bits per heavy atom. The number of carbonyl (C=O) groups is 1. The van der Waals surface area contributed by atoms with Crippen LogP contribution >= 0.6 is 0 Å². The van der Waals surface area contributed by atoms with E-state index >= 15 is 0 Å². The van der Waals surface area contributed by atoms with Gasteiger partial charge in [0.25, 0.3) is 11.4 Å². The smallest absolute Gasteiger partial charge is 0.401 e. The van der Waals surface area contributed by atoms with Crippen LogP contribution in [0, 0.1) is 10.1 Å². The van der Waals surface area contributed by atoms with Crippen molar-refractivity contribution in [2.24, 2.45) is 0 Å². The molecule has 0 fully saturated rings. The van der Waals surface area contributed by atoms with E-state index in [2.05, 4.69) is 4.99 Å². The van der Waals surface area contributed by atoms with Crippen molar-refractivity contribution >= 4 is 23.1 Å². The van der Waals surface area contributed by atoms with Crippen LogP contribution in [-0.2, 0) is 4.79 Å². The van der Waals surface area contributed by atoms with E-state index < -0.39 is 10.9 Å². The first-order valence-electron chi connectivity index (χ1n) is 4.29. The zero-order chi connectivity index (χ0) is 12.3. The van der Waals surface area contributed by atoms with Gasteiger partial charge in [0.15, 0.2) is 0 Å². The summed E-state index contributed by atoms with van der Waals surface area (Å²) in [7, 11) is 1.43. The fraction of sp³-hybridized carbons (Fsp3) is 0.111. The minimum Gasteiger partial charge on any atom is -0.473 e. The summed E-state index contributed by atoms with van der Waals surface area (Å²) >= 11 is 0. The summed E-state index contributed by atoms with van der Waals surface area (Å²) in [6.07, 6.45) is 0. The lowest BCUT2D eigenvalue weighted by Gasteiger charge is -2.00. The average molecular weight is 224 g/mol. The third kappa shape index (κ3) is 2.14. The van der Waals surface area contributed by atoms with Crippen LogP contribution in [0.4, 0.5) is 11.4 Å². The maximum absolute atomic E-state index is 10.8. The van der Waals surface area contributed by atoms with E-state index in [4.69, 9.17) is 10.8 Å². The quantitative estimate of drug-likeness (QED) is 0.257. The van der Waals surface area contributed by atoms with E-state index in [1.807, 2.05) is 0 Å². The van der Waals surface area contributed by atoms with Gasteiger partial charge in [-0.1, -0.05) is 0 Å². The normalized spacial score (nSPS) is 11.2. The molecule has 0 unspecified atom stereocenters. The molecule has 7 nitrogen and oxygen atoms in total. The van der Waals surface area contributed by atoms with Gasteiger partial charge in [-0.05, 0) is 6.07 Å². The zero-order valence-corrected chi connectivity index (χ0v) is 8.43. The average Bonchev–Trinajstić information content (AvgIpc) is 2.20. The van der Waals surface area contributed by atoms with E-state index in [0.29, 0.717) is 0 Å². The molecule has 0 saturated heterocycles. The molecule has 0 radical (unpaired) electrons. The van der Waals surface area contributed by atoms with Gasteiger partial charge in [0.05, 0.1) is 16.2 Å². The lowest BCUT2D eigenvalue weighted by Crippen LogP contribution is -2.70. The van der Waals surface area contributed by atoms with E-state index in [0.717, 1.165) is 6.07 Å². The first-order chi connectivity index (χ1) is 7.47. The Morgan fingerprint density at radius 2 is 2.19 bits per heavy atom. The second kappa shape index (κ2) is 4.39. The van der Waals surface area contributed by atoms with Crippen molar-refractivity contribution in [1.82, 2.24) is 0 Å². The molecule has 0 saturated carbocycles. The molecular formula is C9H10N3O4+. The van der Waals surface area contributed by atoms with Gasteiger partial charge in [0.2, 0.25) is 0 Å². The molecule has 0 aliphatic heterocycles. The largest absolute Gasteiger partial charge is 0.473 e. The third-order valence-corrected chi connectivity index (χ3v) is 1.98. The van der Waals surface area contributed by atoms with Gasteiger partial charge >= 0.3 is 5.97 Å². The Kier molecular flexibility index (Phi) is 3.19. The van der Waals surface area contributed by atoms with Crippen LogP contribution in [0.25, 0.3) is 0 Å². The molecule has 0 aromatic heterocycles. The monoisotopic (exact) mass is 224 g/mol. The van der Waals surface area contributed by atoms with Crippen molar-refractivity contribution < 1.29 is 19.8 Å². The van der Waals surface area contributed by atoms with Gasteiger partial charge in [0.1, 0.15) is 7.05 Å². The van der Waals surface area contributed by atoms with Crippen LogP contribution in [0.3, 0.4) is 0 Å². The molecule has 0 atom stereocenters. The summed E-state index contributed by atoms with van der Waals surface area (Å²) in [6, 6.07) is 3.62. The Balaban J connectivity index is 3.28. The number of benzene rings is 1. The van der Waals surface area contributed by atoms with Crippen molar-refractivity contribution in [1.29, 1.82) is 0 Å². The Labute approximate surface area is 90.4 Å². The molecule has 84 valence electrons. The van der Waals surface area contributed by atoms with Crippen molar-refractivity contribution in [3.05, 3.63) is 33.9 Å². The van der Waals surface area contributed by atoms with E-state index in [1.165, 1.54) is 19.2 Å². The number of rotatable bonds is 3. The zero-order valence-electron chi connectivity index (χ0n) is 8.43. The first kappa shape index (κ1) is 11.6. The van der Waals surface area contributed by atoms with Crippen LogP contribution in [0.1, 0.15) is 5.56 Å². The van der Waals surface area contributed by atoms with Crippen molar-refractivity contribution in [3.8, 4) is 0 Å². The van der Waals surface area contributed by atoms with Gasteiger partial charge < -0.3 is 10.8 Å². The first-order valence-corrected chi connectivity index (χ1v) is 4.29. The molecule has 0 spiro atoms. The Morgan fingerprint density at radius 3 is 2.56 bits per heavy atom. The molecule has 0 aliphatic rings. The maximum Gasteiger partial charge on any atom is 0.401 e. The highest BCUT2D eigenvalue weighted by Crippen LogP contribution is 2.19. The summed E-state index contributed by atoms with van der Waals surface area (Å²) < 4.78 is 0. The number of nitrogens with one attached hydrogen (secondary N) is 1. The van der Waals surface area contributed by atoms with Crippen molar-refractivity contribution in [3.63, 3.8) is 0 Å². The molecule has 0 bridgehead atoms. The maximum atomic E-state index is 10.8. The van der Waals surface area contributed by atoms with Gasteiger partial charge in [0, 0.05) is 12.1 Å². The highest BCUT2D eigenvalue weighted by Gasteiger charge is 2.22. The molecule has 0 aliphatic carbocycles. The highest BCUT2D eigenvalue weighted by molar-refractivity contribution is 6.41. The summed E-state index contributed by atoms with van der Waals surface area (Å²) in [5.74, 6) is -1.18. The summed E-state index contributed by atoms with van der Waals surface area (Å²) in [5, 5.41) is 19.3. The van der Waals surface area contributed by atoms with E-state index in [9.17, 15) is 14.9 Å². The number of nitrogens with zero attached hydrogens (tertiary/aromatic N) is 1. The standard InChI is InChI=1S/C9H9N3O4/c1-11-8(9(13)14)6-3-2-5(12(15)16)4-7(6)10/h2-4H,10H2,1H3,(H,13,14)/p+1. The number of aliphatic carboxylic acids is 1. The number of non-ortho nitro benzene ring substituents is 1. The molecule has 4 N–H and O–H groups in total. The van der Waals surface area contributed by atoms with Crippen LogP contribution in [0.2, 0.25) is 0 Å². The lowest BCUT2D eigenvalue weighted by molar-refractivity contribution is -0.418. The lowest BCUT2D eigenvalue weighted by atomic mass is 10.1. The third-order valence-electron chi connectivity index (χ3n) is 1.98. The molecular weight excluding hydrogens is 214 g/mol. The Bertz CT molecular complexity index is 482. The summed E-state index contributed by atoms with van der Waals surface area (Å²) in [4.78, 5) is 23.1. The number of carboxylic acid groups (broad SMARTS) is 1. The minimum atomic E-state index is -1.18. The van der Waals surface area contributed by atoms with Crippen molar-refractivity contribution in [2.45, 2.75) is 0 Å². The number of nitro groups is 1. The number of nitrogen functional groups attached to an aromatic ring is 1. The second-order valence-corrected chi connectivity index (χ2v) is 2.96. The summed E-state index contributed by atoms with van der Waals surface area (Å²) in [6.45, 7) is 0. The molecule has 16 heavy (non-hydrogen) atoms. The van der Waals surface area contributed by atoms with E-state index in [1.54, 1.807) is 0 Å². The number of nitrogens with two attached hydrogens (primary N) is 1. The number of carboxylic acids is 1. The predicted molar refractivity (Wildman–Crippen MR) is 56.1 cm³/mol. The summed E-state index contributed by atoms with van der Waals surface area (Å²) in [5.41, 5.74) is 5.53. The van der Waals surface area contributed by atoms with E-state index in [-0.39, 0.29) is 22.6 Å². The van der Waals surface area contributed by atoms with Gasteiger partial charge in [-0.25, -0.2) is 9.79 Å². The number of hydrogen-bond acceptors (Lipinski definition) is 4.